The molecule has 1 aliphatic carbocycles. The van der Waals surface area contributed by atoms with Crippen LogP contribution in [0.25, 0.3) is 0 Å². The fraction of sp³-hybridized carbons (Fsp3) is 0.462. The van der Waals surface area contributed by atoms with Gasteiger partial charge in [-0.2, -0.15) is 0 Å². The van der Waals surface area contributed by atoms with E-state index in [1.807, 2.05) is 6.92 Å². The molecule has 1 saturated carbocycles. The minimum atomic E-state index is -3.86. The van der Waals surface area contributed by atoms with Crippen LogP contribution in [0.5, 0.6) is 0 Å². The highest BCUT2D eigenvalue weighted by Crippen LogP contribution is 2.29. The molecule has 0 bridgehead atoms. The summed E-state index contributed by atoms with van der Waals surface area (Å²) < 4.78 is 26.5. The van der Waals surface area contributed by atoms with Crippen molar-refractivity contribution in [3.63, 3.8) is 0 Å². The van der Waals surface area contributed by atoms with Crippen LogP contribution < -0.4 is 9.62 Å². The van der Waals surface area contributed by atoms with Crippen LogP contribution in [0.2, 0.25) is 15.1 Å². The number of carbonyl (C=O) groups is 2. The predicted octanol–water partition coefficient (Wildman–Crippen LogP) is 5.59. The lowest BCUT2D eigenvalue weighted by atomic mass is 10.1. The quantitative estimate of drug-likeness (QED) is 0.392. The van der Waals surface area contributed by atoms with Gasteiger partial charge in [0.15, 0.2) is 0 Å². The Labute approximate surface area is 234 Å². The Morgan fingerprint density at radius 3 is 2.22 bits per heavy atom. The van der Waals surface area contributed by atoms with E-state index in [2.05, 4.69) is 5.32 Å². The minimum Gasteiger partial charge on any atom is -0.352 e. The molecule has 0 aromatic heterocycles. The molecule has 2 amide bonds. The summed E-state index contributed by atoms with van der Waals surface area (Å²) in [6.45, 7) is 3.03. The Morgan fingerprint density at radius 2 is 1.68 bits per heavy atom. The van der Waals surface area contributed by atoms with Gasteiger partial charge in [-0.25, -0.2) is 8.42 Å². The van der Waals surface area contributed by atoms with Crippen molar-refractivity contribution in [1.29, 1.82) is 0 Å². The smallest absolute Gasteiger partial charge is 0.244 e. The van der Waals surface area contributed by atoms with Gasteiger partial charge in [-0.15, -0.1) is 0 Å². The molecular formula is C26H32Cl3N3O4S. The third kappa shape index (κ3) is 7.53. The van der Waals surface area contributed by atoms with Crippen LogP contribution in [0.15, 0.2) is 36.4 Å². The highest BCUT2D eigenvalue weighted by Gasteiger charge is 2.33. The summed E-state index contributed by atoms with van der Waals surface area (Å²) in [5.74, 6) is -0.846. The van der Waals surface area contributed by atoms with Crippen LogP contribution in [0.4, 0.5) is 5.69 Å². The molecule has 7 nitrogen and oxygen atoms in total. The normalized spacial score (nSPS) is 14.9. The van der Waals surface area contributed by atoms with E-state index in [4.69, 9.17) is 34.8 Å². The molecule has 37 heavy (non-hydrogen) atoms. The number of rotatable bonds is 10. The zero-order valence-corrected chi connectivity index (χ0v) is 24.2. The van der Waals surface area contributed by atoms with Crippen molar-refractivity contribution in [3.8, 4) is 0 Å². The first-order valence-electron chi connectivity index (χ1n) is 12.2. The van der Waals surface area contributed by atoms with Crippen LogP contribution in [0.1, 0.15) is 50.2 Å². The summed E-state index contributed by atoms with van der Waals surface area (Å²) in [6.07, 6.45) is 5.21. The van der Waals surface area contributed by atoms with Crippen LogP contribution in [0.3, 0.4) is 0 Å². The number of aryl methyl sites for hydroxylation is 1. The van der Waals surface area contributed by atoms with E-state index in [1.165, 1.54) is 11.0 Å². The van der Waals surface area contributed by atoms with Gasteiger partial charge in [0.2, 0.25) is 21.8 Å². The standard InChI is InChI=1S/C26H32Cl3N3O4S/c1-4-24(26(34)30-18-8-5-6-9-18)31(15-20-21(27)10-7-11-22(20)28)25(33)16-32(37(3,35)36)19-13-12-17(2)23(29)14-19/h7,10-14,18,24H,4-6,8-9,15-16H2,1-3H3,(H,30,34)/t24-/m0/s1. The van der Waals surface area contributed by atoms with Crippen molar-refractivity contribution in [3.05, 3.63) is 62.6 Å². The van der Waals surface area contributed by atoms with E-state index in [0.29, 0.717) is 27.1 Å². The number of amides is 2. The van der Waals surface area contributed by atoms with Gasteiger partial charge in [0.25, 0.3) is 0 Å². The third-order valence-electron chi connectivity index (χ3n) is 6.60. The van der Waals surface area contributed by atoms with Crippen molar-refractivity contribution < 1.29 is 18.0 Å². The number of benzene rings is 2. The highest BCUT2D eigenvalue weighted by molar-refractivity contribution is 7.92. The van der Waals surface area contributed by atoms with E-state index >= 15 is 0 Å². The summed E-state index contributed by atoms with van der Waals surface area (Å²) >= 11 is 19.1. The Kier molecular flexibility index (Phi) is 10.1. The molecule has 0 radical (unpaired) electrons. The minimum absolute atomic E-state index is 0.0554. The molecule has 2 aromatic carbocycles. The molecule has 3 rings (SSSR count). The molecule has 11 heteroatoms. The SMILES string of the molecule is CC[C@@H](C(=O)NC1CCCC1)N(Cc1c(Cl)cccc1Cl)C(=O)CN(c1ccc(C)c(Cl)c1)S(C)(=O)=O. The first-order chi connectivity index (χ1) is 17.4. The van der Waals surface area contributed by atoms with E-state index in [9.17, 15) is 18.0 Å². The molecule has 1 N–H and O–H groups in total. The topological polar surface area (TPSA) is 86.8 Å². The van der Waals surface area contributed by atoms with Gasteiger partial charge in [-0.1, -0.05) is 66.7 Å². The molecule has 0 unspecified atom stereocenters. The number of sulfonamides is 1. The van der Waals surface area contributed by atoms with Gasteiger partial charge in [0.05, 0.1) is 11.9 Å². The number of hydrogen-bond donors (Lipinski definition) is 1. The maximum atomic E-state index is 13.8. The maximum Gasteiger partial charge on any atom is 0.244 e. The Balaban J connectivity index is 1.98. The Morgan fingerprint density at radius 1 is 1.05 bits per heavy atom. The lowest BCUT2D eigenvalue weighted by Crippen LogP contribution is -2.53. The van der Waals surface area contributed by atoms with Crippen LogP contribution in [0, 0.1) is 6.92 Å². The molecule has 2 aromatic rings. The second kappa shape index (κ2) is 12.7. The lowest BCUT2D eigenvalue weighted by Gasteiger charge is -2.33. The van der Waals surface area contributed by atoms with Crippen LogP contribution in [-0.4, -0.2) is 50.0 Å². The zero-order chi connectivity index (χ0) is 27.3. The van der Waals surface area contributed by atoms with Gasteiger partial charge in [0.1, 0.15) is 12.6 Å². The fourth-order valence-corrected chi connectivity index (χ4v) is 6.02. The van der Waals surface area contributed by atoms with E-state index in [-0.39, 0.29) is 24.2 Å². The fourth-order valence-electron chi connectivity index (χ4n) is 4.49. The van der Waals surface area contributed by atoms with Crippen molar-refractivity contribution in [2.24, 2.45) is 0 Å². The lowest BCUT2D eigenvalue weighted by molar-refractivity contribution is -0.140. The number of anilines is 1. The van der Waals surface area contributed by atoms with Gasteiger partial charge in [-0.05, 0) is 56.0 Å². The van der Waals surface area contributed by atoms with Crippen molar-refractivity contribution in [2.75, 3.05) is 17.1 Å². The average Bonchev–Trinajstić information content (AvgIpc) is 3.33. The van der Waals surface area contributed by atoms with Gasteiger partial charge in [0, 0.05) is 33.2 Å². The first-order valence-corrected chi connectivity index (χ1v) is 15.2. The summed E-state index contributed by atoms with van der Waals surface area (Å²) in [7, 11) is -3.86. The number of halogens is 3. The van der Waals surface area contributed by atoms with E-state index < -0.39 is 28.5 Å². The van der Waals surface area contributed by atoms with E-state index in [1.54, 1.807) is 37.3 Å². The highest BCUT2D eigenvalue weighted by atomic mass is 35.5. The molecule has 1 atom stereocenters. The first kappa shape index (κ1) is 29.6. The van der Waals surface area contributed by atoms with Crippen molar-refractivity contribution >= 4 is 62.3 Å². The molecule has 1 aliphatic rings. The Hall–Kier alpha value is -2.00. The second-order valence-electron chi connectivity index (χ2n) is 9.34. The van der Waals surface area contributed by atoms with Crippen LogP contribution in [-0.2, 0) is 26.2 Å². The van der Waals surface area contributed by atoms with E-state index in [0.717, 1.165) is 41.8 Å². The number of nitrogens with zero attached hydrogens (tertiary/aromatic N) is 2. The van der Waals surface area contributed by atoms with Crippen molar-refractivity contribution in [2.45, 2.75) is 64.6 Å². The second-order valence-corrected chi connectivity index (χ2v) is 12.5. The zero-order valence-electron chi connectivity index (χ0n) is 21.1. The van der Waals surface area contributed by atoms with Gasteiger partial charge >= 0.3 is 0 Å². The molecule has 0 spiro atoms. The van der Waals surface area contributed by atoms with Gasteiger partial charge < -0.3 is 10.2 Å². The monoisotopic (exact) mass is 587 g/mol. The number of nitrogens with one attached hydrogen (secondary N) is 1. The largest absolute Gasteiger partial charge is 0.352 e. The summed E-state index contributed by atoms with van der Waals surface area (Å²) in [6, 6.07) is 9.00. The molecule has 1 fully saturated rings. The third-order valence-corrected chi connectivity index (χ3v) is 8.86. The average molecular weight is 589 g/mol. The molecule has 0 saturated heterocycles. The molecule has 0 aliphatic heterocycles. The van der Waals surface area contributed by atoms with Gasteiger partial charge in [-0.3, -0.25) is 13.9 Å². The van der Waals surface area contributed by atoms with Crippen LogP contribution >= 0.6 is 34.8 Å². The van der Waals surface area contributed by atoms with Crippen molar-refractivity contribution in [1.82, 2.24) is 10.2 Å². The summed E-state index contributed by atoms with van der Waals surface area (Å²) in [5, 5.41) is 4.13. The summed E-state index contributed by atoms with van der Waals surface area (Å²) in [5.41, 5.74) is 1.51. The maximum absolute atomic E-state index is 13.8. The number of carbonyl (C=O) groups excluding carboxylic acids is 2. The number of hydrogen-bond acceptors (Lipinski definition) is 4. The molecule has 0 heterocycles. The Bertz CT molecular complexity index is 1230. The molecule has 202 valence electrons. The molecular weight excluding hydrogens is 557 g/mol. The summed E-state index contributed by atoms with van der Waals surface area (Å²) in [4.78, 5) is 28.5. The predicted molar refractivity (Wildman–Crippen MR) is 150 cm³/mol.